The monoisotopic (exact) mass is 418 g/mol. The maximum atomic E-state index is 6.18. The number of rotatable bonds is 6. The molecule has 0 spiro atoms. The van der Waals surface area contributed by atoms with Crippen LogP contribution in [0.1, 0.15) is 18.5 Å². The number of fused-ring (bicyclic) bond motifs is 2. The first-order valence-corrected chi connectivity index (χ1v) is 10.6. The number of methoxy groups -OCH3 is 1. The summed E-state index contributed by atoms with van der Waals surface area (Å²) in [5.41, 5.74) is 2.90. The average molecular weight is 418 g/mol. The number of hydrogen-bond acceptors (Lipinski definition) is 6. The van der Waals surface area contributed by atoms with Gasteiger partial charge in [0.2, 0.25) is 0 Å². The summed E-state index contributed by atoms with van der Waals surface area (Å²) < 4.78 is 17.9. The fourth-order valence-corrected chi connectivity index (χ4v) is 4.10. The average Bonchev–Trinajstić information content (AvgIpc) is 3.17. The van der Waals surface area contributed by atoms with Crippen molar-refractivity contribution in [1.29, 1.82) is 0 Å². The molecule has 5 rings (SSSR count). The van der Waals surface area contributed by atoms with Gasteiger partial charge in [-0.25, -0.2) is 0 Å². The van der Waals surface area contributed by atoms with Crippen molar-refractivity contribution in [2.45, 2.75) is 19.8 Å². The minimum Gasteiger partial charge on any atom is -0.493 e. The van der Waals surface area contributed by atoms with Gasteiger partial charge in [-0.1, -0.05) is 0 Å². The Morgan fingerprint density at radius 2 is 1.90 bits per heavy atom. The molecule has 1 aliphatic heterocycles. The lowest BCUT2D eigenvalue weighted by molar-refractivity contribution is 0.208. The molecule has 7 heteroatoms. The highest BCUT2D eigenvalue weighted by Crippen LogP contribution is 2.37. The molecule has 2 aromatic heterocycles. The molecule has 0 aliphatic carbocycles. The number of ether oxygens (including phenoxy) is 3. The number of aromatic amines is 1. The Morgan fingerprint density at radius 1 is 1.03 bits per heavy atom. The van der Waals surface area contributed by atoms with E-state index in [1.165, 1.54) is 0 Å². The lowest BCUT2D eigenvalue weighted by atomic mass is 9.99. The van der Waals surface area contributed by atoms with Crippen LogP contribution < -0.4 is 19.5 Å². The van der Waals surface area contributed by atoms with Crippen LogP contribution >= 0.6 is 0 Å². The molecule has 2 N–H and O–H groups in total. The molecule has 160 valence electrons. The van der Waals surface area contributed by atoms with E-state index in [9.17, 15) is 0 Å². The molecule has 1 fully saturated rings. The second-order valence-corrected chi connectivity index (χ2v) is 8.04. The summed E-state index contributed by atoms with van der Waals surface area (Å²) in [6.45, 7) is 4.80. The number of benzene rings is 2. The Balaban J connectivity index is 1.43. The van der Waals surface area contributed by atoms with Crippen LogP contribution in [0.3, 0.4) is 0 Å². The third-order valence-electron chi connectivity index (χ3n) is 5.78. The van der Waals surface area contributed by atoms with E-state index in [0.717, 1.165) is 53.7 Å². The highest BCUT2D eigenvalue weighted by molar-refractivity contribution is 5.88. The van der Waals surface area contributed by atoms with Gasteiger partial charge in [-0.2, -0.15) is 10.2 Å². The van der Waals surface area contributed by atoms with Crippen molar-refractivity contribution in [2.75, 3.05) is 26.8 Å². The van der Waals surface area contributed by atoms with Gasteiger partial charge < -0.3 is 24.5 Å². The first-order valence-electron chi connectivity index (χ1n) is 10.6. The topological polar surface area (TPSA) is 81.3 Å². The van der Waals surface area contributed by atoms with E-state index < -0.39 is 0 Å². The van der Waals surface area contributed by atoms with Crippen molar-refractivity contribution in [3.05, 3.63) is 48.3 Å². The first-order chi connectivity index (χ1) is 15.2. The summed E-state index contributed by atoms with van der Waals surface area (Å²) in [6, 6.07) is 11.9. The van der Waals surface area contributed by atoms with Crippen molar-refractivity contribution in [3.8, 4) is 23.0 Å². The molecule has 0 unspecified atom stereocenters. The van der Waals surface area contributed by atoms with E-state index in [1.807, 2.05) is 37.3 Å². The van der Waals surface area contributed by atoms with Gasteiger partial charge in [0.15, 0.2) is 17.2 Å². The van der Waals surface area contributed by atoms with Crippen molar-refractivity contribution in [3.63, 3.8) is 0 Å². The van der Waals surface area contributed by atoms with Crippen LogP contribution in [0.25, 0.3) is 21.8 Å². The predicted molar refractivity (Wildman–Crippen MR) is 120 cm³/mol. The zero-order chi connectivity index (χ0) is 21.2. The normalized spacial score (nSPS) is 14.8. The molecule has 0 radical (unpaired) electrons. The van der Waals surface area contributed by atoms with Gasteiger partial charge in [-0.3, -0.25) is 0 Å². The van der Waals surface area contributed by atoms with Crippen molar-refractivity contribution in [1.82, 2.24) is 20.5 Å². The van der Waals surface area contributed by atoms with E-state index in [4.69, 9.17) is 14.2 Å². The van der Waals surface area contributed by atoms with Gasteiger partial charge in [0, 0.05) is 22.7 Å². The zero-order valence-corrected chi connectivity index (χ0v) is 17.8. The molecule has 0 amide bonds. The summed E-state index contributed by atoms with van der Waals surface area (Å²) in [7, 11) is 1.65. The molecule has 7 nitrogen and oxygen atoms in total. The molecule has 3 heterocycles. The highest BCUT2D eigenvalue weighted by atomic mass is 16.5. The Hall–Kier alpha value is -3.32. The Kier molecular flexibility index (Phi) is 5.34. The fourth-order valence-electron chi connectivity index (χ4n) is 4.10. The van der Waals surface area contributed by atoms with Crippen LogP contribution in [0.2, 0.25) is 0 Å². The van der Waals surface area contributed by atoms with Crippen LogP contribution in [-0.4, -0.2) is 42.0 Å². The molecule has 0 bridgehead atoms. The Morgan fingerprint density at radius 3 is 2.74 bits per heavy atom. The Bertz CT molecular complexity index is 1210. The van der Waals surface area contributed by atoms with Crippen LogP contribution in [0.5, 0.6) is 23.0 Å². The van der Waals surface area contributed by atoms with Gasteiger partial charge in [0.25, 0.3) is 0 Å². The van der Waals surface area contributed by atoms with Gasteiger partial charge >= 0.3 is 0 Å². The minimum absolute atomic E-state index is 0.550. The second kappa shape index (κ2) is 8.43. The first kappa shape index (κ1) is 19.6. The van der Waals surface area contributed by atoms with E-state index >= 15 is 0 Å². The number of hydrogen-bond donors (Lipinski definition) is 2. The lowest BCUT2D eigenvalue weighted by Crippen LogP contribution is -2.30. The third-order valence-corrected chi connectivity index (χ3v) is 5.78. The highest BCUT2D eigenvalue weighted by Gasteiger charge is 2.17. The molecule has 31 heavy (non-hydrogen) atoms. The zero-order valence-electron chi connectivity index (χ0n) is 17.8. The van der Waals surface area contributed by atoms with Gasteiger partial charge in [-0.15, -0.1) is 0 Å². The van der Waals surface area contributed by atoms with Crippen molar-refractivity contribution in [2.24, 2.45) is 5.92 Å². The summed E-state index contributed by atoms with van der Waals surface area (Å²) in [5.74, 6) is 3.26. The predicted octanol–water partition coefficient (Wildman–Crippen LogP) is 4.60. The summed E-state index contributed by atoms with van der Waals surface area (Å²) in [5, 5.41) is 13.7. The summed E-state index contributed by atoms with van der Waals surface area (Å²) in [6.07, 6.45) is 3.88. The quantitative estimate of drug-likeness (QED) is 0.476. The molecule has 0 atom stereocenters. The third kappa shape index (κ3) is 4.14. The van der Waals surface area contributed by atoms with Crippen molar-refractivity contribution >= 4 is 21.8 Å². The lowest BCUT2D eigenvalue weighted by Gasteiger charge is -2.23. The SMILES string of the molecule is COc1cc2c(Oc3ccc4[nH]c(C)cc4c3)cnnc2cc1OCC1CCNCC1. The smallest absolute Gasteiger partial charge is 0.163 e. The maximum Gasteiger partial charge on any atom is 0.163 e. The van der Waals surface area contributed by atoms with E-state index in [2.05, 4.69) is 26.6 Å². The van der Waals surface area contributed by atoms with Crippen LogP contribution in [0, 0.1) is 12.8 Å². The van der Waals surface area contributed by atoms with Gasteiger partial charge in [0.05, 0.1) is 25.3 Å². The number of nitrogens with one attached hydrogen (secondary N) is 2. The maximum absolute atomic E-state index is 6.18. The van der Waals surface area contributed by atoms with Crippen LogP contribution in [-0.2, 0) is 0 Å². The largest absolute Gasteiger partial charge is 0.493 e. The van der Waals surface area contributed by atoms with Gasteiger partial charge in [-0.05, 0) is 69.1 Å². The molecule has 0 saturated carbocycles. The minimum atomic E-state index is 0.550. The number of aryl methyl sites for hydroxylation is 1. The number of H-pyrrole nitrogens is 1. The van der Waals surface area contributed by atoms with Crippen molar-refractivity contribution < 1.29 is 14.2 Å². The molecular weight excluding hydrogens is 392 g/mol. The fraction of sp³-hybridized carbons (Fsp3) is 0.333. The summed E-state index contributed by atoms with van der Waals surface area (Å²) in [4.78, 5) is 3.32. The number of piperidine rings is 1. The van der Waals surface area contributed by atoms with Gasteiger partial charge in [0.1, 0.15) is 11.3 Å². The molecule has 4 aromatic rings. The second-order valence-electron chi connectivity index (χ2n) is 8.04. The molecule has 1 aliphatic rings. The number of nitrogens with zero attached hydrogens (tertiary/aromatic N) is 2. The Labute approximate surface area is 180 Å². The standard InChI is InChI=1S/C24H26N4O3/c1-15-9-17-10-18(3-4-20(17)27-15)31-24-13-26-28-21-12-23(22(29-2)11-19(21)24)30-14-16-5-7-25-8-6-16/h3-4,9-13,16,25,27H,5-8,14H2,1-2H3. The van der Waals surface area contributed by atoms with E-state index in [0.29, 0.717) is 35.3 Å². The van der Waals surface area contributed by atoms with E-state index in [-0.39, 0.29) is 0 Å². The molecular formula is C24H26N4O3. The molecule has 2 aromatic carbocycles. The summed E-state index contributed by atoms with van der Waals surface area (Å²) >= 11 is 0. The van der Waals surface area contributed by atoms with Crippen LogP contribution in [0.4, 0.5) is 0 Å². The van der Waals surface area contributed by atoms with Crippen LogP contribution in [0.15, 0.2) is 42.6 Å². The van der Waals surface area contributed by atoms with E-state index in [1.54, 1.807) is 13.3 Å². The molecule has 1 saturated heterocycles. The number of aromatic nitrogens is 3.